The minimum absolute atomic E-state index is 0.0146. The van der Waals surface area contributed by atoms with Crippen LogP contribution in [0.1, 0.15) is 63.4 Å². The van der Waals surface area contributed by atoms with Crippen molar-refractivity contribution in [1.29, 1.82) is 0 Å². The number of benzene rings is 1. The van der Waals surface area contributed by atoms with Gasteiger partial charge in [-0.1, -0.05) is 24.3 Å². The Morgan fingerprint density at radius 3 is 2.54 bits per heavy atom. The number of Topliss-reactive ketones (excluding diaryl/α,β-unsaturated/α-hetero) is 1. The van der Waals surface area contributed by atoms with Crippen LogP contribution in [-0.4, -0.2) is 42.1 Å². The van der Waals surface area contributed by atoms with Gasteiger partial charge in [0.2, 0.25) is 0 Å². The third-order valence-electron chi connectivity index (χ3n) is 4.82. The Morgan fingerprint density at radius 2 is 1.92 bits per heavy atom. The zero-order valence-corrected chi connectivity index (χ0v) is 16.5. The van der Waals surface area contributed by atoms with Gasteiger partial charge < -0.3 is 9.80 Å². The lowest BCUT2D eigenvalue weighted by Crippen LogP contribution is -2.38. The smallest absolute Gasteiger partial charge is 0.255 e. The first-order chi connectivity index (χ1) is 12.5. The van der Waals surface area contributed by atoms with E-state index in [0.717, 1.165) is 32.4 Å². The molecule has 1 fully saturated rings. The predicted molar refractivity (Wildman–Crippen MR) is 106 cm³/mol. The number of amides is 1. The molecular weight excluding hydrogens is 344 g/mol. The number of ketones is 1. The number of hydrogen-bond donors (Lipinski definition) is 0. The molecule has 26 heavy (non-hydrogen) atoms. The van der Waals surface area contributed by atoms with Crippen molar-refractivity contribution >= 4 is 23.0 Å². The number of nitrogens with zero attached hydrogens (tertiary/aromatic N) is 2. The molecule has 1 aromatic heterocycles. The van der Waals surface area contributed by atoms with Crippen LogP contribution in [0.25, 0.3) is 0 Å². The maximum Gasteiger partial charge on any atom is 0.255 e. The molecule has 1 saturated heterocycles. The highest BCUT2D eigenvalue weighted by molar-refractivity contribution is 7.12. The van der Waals surface area contributed by atoms with Gasteiger partial charge in [-0.05, 0) is 57.5 Å². The first-order valence-corrected chi connectivity index (χ1v) is 9.97. The lowest BCUT2D eigenvalue weighted by atomic mass is 9.94. The van der Waals surface area contributed by atoms with Crippen LogP contribution in [0.2, 0.25) is 0 Å². The summed E-state index contributed by atoms with van der Waals surface area (Å²) in [5, 5.41) is 1.81. The van der Waals surface area contributed by atoms with Crippen molar-refractivity contribution in [3.63, 3.8) is 0 Å². The zero-order valence-electron chi connectivity index (χ0n) is 15.7. The molecule has 5 heteroatoms. The molecule has 2 heterocycles. The van der Waals surface area contributed by atoms with Crippen LogP contribution < -0.4 is 0 Å². The summed E-state index contributed by atoms with van der Waals surface area (Å²) in [4.78, 5) is 29.4. The van der Waals surface area contributed by atoms with E-state index in [0.29, 0.717) is 10.4 Å². The van der Waals surface area contributed by atoms with E-state index >= 15 is 0 Å². The molecular formula is C21H26N2O2S. The molecule has 1 aromatic carbocycles. The van der Waals surface area contributed by atoms with Crippen LogP contribution in [0.15, 0.2) is 35.7 Å². The molecule has 1 aliphatic heterocycles. The van der Waals surface area contributed by atoms with Crippen molar-refractivity contribution in [2.45, 2.75) is 38.8 Å². The highest BCUT2D eigenvalue weighted by atomic mass is 32.1. The highest BCUT2D eigenvalue weighted by Crippen LogP contribution is 2.33. The maximum atomic E-state index is 13.0. The molecule has 0 aliphatic carbocycles. The number of carbonyl (C=O) groups is 2. The summed E-state index contributed by atoms with van der Waals surface area (Å²) in [5.74, 6) is 0.0524. The van der Waals surface area contributed by atoms with Crippen molar-refractivity contribution < 1.29 is 9.59 Å². The first kappa shape index (κ1) is 18.8. The van der Waals surface area contributed by atoms with E-state index in [2.05, 4.69) is 43.3 Å². The summed E-state index contributed by atoms with van der Waals surface area (Å²) in [6.07, 6.45) is 3.16. The third kappa shape index (κ3) is 4.22. The Bertz CT molecular complexity index is 780. The standard InChI is InChI=1S/C21H26N2O2S/c1-15(24)20-12-18(14-26-20)21(25)23-11-5-4-6-19(23)17-9-7-16(8-10-17)13-22(2)3/h7-10,12,14,19H,4-6,11,13H2,1-3H3/t19-/m1/s1. The van der Waals surface area contributed by atoms with Crippen LogP contribution in [0.4, 0.5) is 0 Å². The lowest BCUT2D eigenvalue weighted by molar-refractivity contribution is 0.0612. The van der Waals surface area contributed by atoms with Gasteiger partial charge in [0.05, 0.1) is 16.5 Å². The van der Waals surface area contributed by atoms with Crippen LogP contribution in [0.3, 0.4) is 0 Å². The maximum absolute atomic E-state index is 13.0. The van der Waals surface area contributed by atoms with E-state index in [-0.39, 0.29) is 17.7 Å². The molecule has 1 atom stereocenters. The van der Waals surface area contributed by atoms with Crippen molar-refractivity contribution in [3.05, 3.63) is 57.3 Å². The molecule has 1 amide bonds. The topological polar surface area (TPSA) is 40.6 Å². The summed E-state index contributed by atoms with van der Waals surface area (Å²) < 4.78 is 0. The predicted octanol–water partition coefficient (Wildman–Crippen LogP) is 4.38. The van der Waals surface area contributed by atoms with Crippen molar-refractivity contribution in [1.82, 2.24) is 9.80 Å². The van der Waals surface area contributed by atoms with Gasteiger partial charge in [-0.25, -0.2) is 0 Å². The third-order valence-corrected chi connectivity index (χ3v) is 5.85. The Labute approximate surface area is 159 Å². The number of thiophene rings is 1. The Kier molecular flexibility index (Phi) is 5.89. The molecule has 1 aliphatic rings. The van der Waals surface area contributed by atoms with Gasteiger partial charge in [-0.3, -0.25) is 9.59 Å². The number of rotatable bonds is 5. The van der Waals surface area contributed by atoms with Gasteiger partial charge in [0.15, 0.2) is 5.78 Å². The zero-order chi connectivity index (χ0) is 18.7. The van der Waals surface area contributed by atoms with Gasteiger partial charge in [-0.15, -0.1) is 11.3 Å². The average molecular weight is 371 g/mol. The minimum atomic E-state index is 0.0146. The largest absolute Gasteiger partial charge is 0.332 e. The monoisotopic (exact) mass is 370 g/mol. The number of piperidine rings is 1. The number of likely N-dealkylation sites (tertiary alicyclic amines) is 1. The SMILES string of the molecule is CC(=O)c1cc(C(=O)N2CCCC[C@@H]2c2ccc(CN(C)C)cc2)cs1. The van der Waals surface area contributed by atoms with Crippen LogP contribution in [0, 0.1) is 0 Å². The summed E-state index contributed by atoms with van der Waals surface area (Å²) >= 11 is 1.35. The second-order valence-electron chi connectivity index (χ2n) is 7.25. The Morgan fingerprint density at radius 1 is 1.19 bits per heavy atom. The van der Waals surface area contributed by atoms with Gasteiger partial charge in [0.25, 0.3) is 5.91 Å². The van der Waals surface area contributed by atoms with Gasteiger partial charge in [-0.2, -0.15) is 0 Å². The van der Waals surface area contributed by atoms with Crippen LogP contribution >= 0.6 is 11.3 Å². The fourth-order valence-corrected chi connectivity index (χ4v) is 4.31. The van der Waals surface area contributed by atoms with Gasteiger partial charge in [0, 0.05) is 18.5 Å². The molecule has 3 rings (SSSR count). The number of carbonyl (C=O) groups excluding carboxylic acids is 2. The molecule has 0 saturated carbocycles. The lowest BCUT2D eigenvalue weighted by Gasteiger charge is -2.36. The minimum Gasteiger partial charge on any atom is -0.332 e. The van der Waals surface area contributed by atoms with E-state index in [1.807, 2.05) is 10.3 Å². The number of hydrogen-bond acceptors (Lipinski definition) is 4. The van der Waals surface area contributed by atoms with E-state index in [4.69, 9.17) is 0 Å². The second-order valence-corrected chi connectivity index (χ2v) is 8.16. The summed E-state index contributed by atoms with van der Waals surface area (Å²) in [7, 11) is 4.12. The van der Waals surface area contributed by atoms with Crippen molar-refractivity contribution in [3.8, 4) is 0 Å². The van der Waals surface area contributed by atoms with Crippen molar-refractivity contribution in [2.75, 3.05) is 20.6 Å². The molecule has 0 N–H and O–H groups in total. The van der Waals surface area contributed by atoms with E-state index in [9.17, 15) is 9.59 Å². The summed E-state index contributed by atoms with van der Waals surface area (Å²) in [6.45, 7) is 3.23. The fourth-order valence-electron chi connectivity index (χ4n) is 3.53. The summed E-state index contributed by atoms with van der Waals surface area (Å²) in [6, 6.07) is 10.5. The quantitative estimate of drug-likeness (QED) is 0.734. The molecule has 138 valence electrons. The molecule has 2 aromatic rings. The molecule has 0 bridgehead atoms. The molecule has 0 unspecified atom stereocenters. The average Bonchev–Trinajstić information content (AvgIpc) is 3.12. The normalized spacial score (nSPS) is 17.5. The van der Waals surface area contributed by atoms with Crippen LogP contribution in [-0.2, 0) is 6.54 Å². The fraction of sp³-hybridized carbons (Fsp3) is 0.429. The van der Waals surface area contributed by atoms with E-state index in [1.54, 1.807) is 13.0 Å². The van der Waals surface area contributed by atoms with E-state index < -0.39 is 0 Å². The second kappa shape index (κ2) is 8.14. The van der Waals surface area contributed by atoms with Crippen LogP contribution in [0.5, 0.6) is 0 Å². The molecule has 0 spiro atoms. The summed E-state index contributed by atoms with van der Waals surface area (Å²) in [5.41, 5.74) is 3.11. The molecule has 0 radical (unpaired) electrons. The molecule has 4 nitrogen and oxygen atoms in total. The Balaban J connectivity index is 1.80. The van der Waals surface area contributed by atoms with Gasteiger partial charge in [0.1, 0.15) is 0 Å². The first-order valence-electron chi connectivity index (χ1n) is 9.09. The van der Waals surface area contributed by atoms with Crippen molar-refractivity contribution in [2.24, 2.45) is 0 Å². The van der Waals surface area contributed by atoms with Gasteiger partial charge >= 0.3 is 0 Å². The highest BCUT2D eigenvalue weighted by Gasteiger charge is 2.29. The Hall–Kier alpha value is -1.98. The van der Waals surface area contributed by atoms with E-state index in [1.165, 1.54) is 22.5 Å².